The Morgan fingerprint density at radius 3 is 1.78 bits per heavy atom. The van der Waals surface area contributed by atoms with Gasteiger partial charge in [-0.05, 0) is 11.1 Å². The second-order valence-corrected chi connectivity index (χ2v) is 4.98. The minimum atomic E-state index is -0.671. The number of carbonyl (C=O) groups is 2. The van der Waals surface area contributed by atoms with Gasteiger partial charge in [0.2, 0.25) is 0 Å². The minimum Gasteiger partial charge on any atom is -0.423 e. The fourth-order valence-electron chi connectivity index (χ4n) is 2.37. The lowest BCUT2D eigenvalue weighted by Gasteiger charge is -2.14. The predicted octanol–water partition coefficient (Wildman–Crippen LogP) is 3.45. The maximum absolute atomic E-state index is 11.8. The number of cyclic esters (lactones) is 2. The number of benzene rings is 2. The number of rotatable bonds is 2. The van der Waals surface area contributed by atoms with Gasteiger partial charge < -0.3 is 9.47 Å². The summed E-state index contributed by atoms with van der Waals surface area (Å²) in [6.07, 6.45) is -0.431. The molecule has 0 N–H and O–H groups in total. The fraction of sp³-hybridized carbons (Fsp3) is 0.0526. The molecule has 0 atom stereocenters. The summed E-state index contributed by atoms with van der Waals surface area (Å²) in [4.78, 5) is 23.4. The average Bonchev–Trinajstić information content (AvgIpc) is 2.67. The van der Waals surface area contributed by atoms with Gasteiger partial charge in [0.25, 0.3) is 0 Å². The monoisotopic (exact) mass is 306 g/mol. The van der Waals surface area contributed by atoms with E-state index in [1.165, 1.54) is 0 Å². The van der Waals surface area contributed by atoms with Crippen molar-refractivity contribution >= 4 is 17.5 Å². The molecule has 1 heterocycles. The first-order chi connectivity index (χ1) is 11.1. The van der Waals surface area contributed by atoms with Gasteiger partial charge in [-0.2, -0.15) is 0 Å². The highest BCUT2D eigenvalue weighted by atomic mass is 16.6. The van der Waals surface area contributed by atoms with Gasteiger partial charge in [-0.3, -0.25) is 9.59 Å². The van der Waals surface area contributed by atoms with Crippen LogP contribution in [-0.2, 0) is 19.1 Å². The van der Waals surface area contributed by atoms with Crippen LogP contribution in [0.2, 0.25) is 0 Å². The normalized spacial score (nSPS) is 14.8. The Morgan fingerprint density at radius 2 is 1.26 bits per heavy atom. The molecular weight excluding hydrogens is 292 g/mol. The van der Waals surface area contributed by atoms with Crippen LogP contribution in [0.1, 0.15) is 17.5 Å². The number of ether oxygens (including phenoxy) is 2. The highest BCUT2D eigenvalue weighted by Gasteiger charge is 2.27. The van der Waals surface area contributed by atoms with E-state index < -0.39 is 18.4 Å². The minimum absolute atomic E-state index is 0.0311. The van der Waals surface area contributed by atoms with Crippen LogP contribution in [0.5, 0.6) is 0 Å². The lowest BCUT2D eigenvalue weighted by molar-refractivity contribution is -0.145. The molecule has 23 heavy (non-hydrogen) atoms. The number of hydrogen-bond acceptors (Lipinski definition) is 4. The third-order valence-electron chi connectivity index (χ3n) is 3.35. The van der Waals surface area contributed by atoms with E-state index in [2.05, 4.69) is 6.58 Å². The topological polar surface area (TPSA) is 52.6 Å². The van der Waals surface area contributed by atoms with Crippen molar-refractivity contribution in [2.75, 3.05) is 0 Å². The molecule has 3 rings (SSSR count). The molecule has 4 nitrogen and oxygen atoms in total. The van der Waals surface area contributed by atoms with E-state index in [9.17, 15) is 9.59 Å². The van der Waals surface area contributed by atoms with Gasteiger partial charge in [-0.25, -0.2) is 0 Å². The molecule has 0 saturated carbocycles. The molecule has 0 spiro atoms. The summed E-state index contributed by atoms with van der Waals surface area (Å²) >= 11 is 0. The van der Waals surface area contributed by atoms with Crippen LogP contribution in [0.4, 0.5) is 0 Å². The highest BCUT2D eigenvalue weighted by molar-refractivity contribution is 5.95. The van der Waals surface area contributed by atoms with Crippen LogP contribution in [0.15, 0.2) is 78.8 Å². The molecule has 0 aliphatic carbocycles. The third kappa shape index (κ3) is 3.21. The summed E-state index contributed by atoms with van der Waals surface area (Å²) < 4.78 is 10.4. The zero-order chi connectivity index (χ0) is 16.2. The Kier molecular flexibility index (Phi) is 4.06. The van der Waals surface area contributed by atoms with E-state index in [1.54, 1.807) is 0 Å². The second-order valence-electron chi connectivity index (χ2n) is 4.98. The van der Waals surface area contributed by atoms with Crippen molar-refractivity contribution in [3.8, 4) is 0 Å². The van der Waals surface area contributed by atoms with Gasteiger partial charge in [0.15, 0.2) is 11.5 Å². The largest absolute Gasteiger partial charge is 0.423 e. The molecular formula is C19H14O4. The molecule has 0 unspecified atom stereocenters. The predicted molar refractivity (Wildman–Crippen MR) is 84.8 cm³/mol. The van der Waals surface area contributed by atoms with Crippen LogP contribution in [-0.4, -0.2) is 11.9 Å². The molecule has 2 aromatic carbocycles. The first-order valence-electron chi connectivity index (χ1n) is 7.11. The van der Waals surface area contributed by atoms with Gasteiger partial charge >= 0.3 is 11.9 Å². The van der Waals surface area contributed by atoms with E-state index in [4.69, 9.17) is 9.47 Å². The van der Waals surface area contributed by atoms with E-state index in [1.807, 2.05) is 60.7 Å². The molecule has 0 amide bonds. The van der Waals surface area contributed by atoms with Crippen molar-refractivity contribution in [2.45, 2.75) is 6.42 Å². The van der Waals surface area contributed by atoms with Crippen LogP contribution >= 0.6 is 0 Å². The summed E-state index contributed by atoms with van der Waals surface area (Å²) in [6.45, 7) is 3.73. The quantitative estimate of drug-likeness (QED) is 0.630. The van der Waals surface area contributed by atoms with Gasteiger partial charge in [-0.1, -0.05) is 67.2 Å². The smallest absolute Gasteiger partial charge is 0.322 e. The third-order valence-corrected chi connectivity index (χ3v) is 3.35. The number of carbonyl (C=O) groups excluding carboxylic acids is 2. The summed E-state index contributed by atoms with van der Waals surface area (Å²) in [7, 11) is 0. The Hall–Kier alpha value is -3.14. The molecule has 0 aromatic heterocycles. The first-order valence-corrected chi connectivity index (χ1v) is 7.11. The van der Waals surface area contributed by atoms with Crippen molar-refractivity contribution < 1.29 is 19.1 Å². The molecule has 114 valence electrons. The SMILES string of the molecule is C=C1OC(=O)CC(=O)OC1=C(c1ccccc1)c1ccccc1. The van der Waals surface area contributed by atoms with Crippen molar-refractivity contribution in [2.24, 2.45) is 0 Å². The van der Waals surface area contributed by atoms with Crippen molar-refractivity contribution in [3.63, 3.8) is 0 Å². The Balaban J connectivity index is 2.23. The molecule has 4 heteroatoms. The lowest BCUT2D eigenvalue weighted by atomic mass is 9.96. The van der Waals surface area contributed by atoms with Crippen LogP contribution in [0.25, 0.3) is 5.57 Å². The summed E-state index contributed by atoms with van der Waals surface area (Å²) in [5, 5.41) is 0. The van der Waals surface area contributed by atoms with E-state index >= 15 is 0 Å². The van der Waals surface area contributed by atoms with E-state index in [-0.39, 0.29) is 11.5 Å². The highest BCUT2D eigenvalue weighted by Crippen LogP contribution is 2.32. The first kappa shape index (κ1) is 14.8. The zero-order valence-electron chi connectivity index (χ0n) is 12.3. The molecule has 1 aliphatic heterocycles. The van der Waals surface area contributed by atoms with Crippen LogP contribution in [0, 0.1) is 0 Å². The molecule has 0 radical (unpaired) electrons. The number of esters is 2. The average molecular weight is 306 g/mol. The standard InChI is InChI=1S/C19H14O4/c1-13-19(23-17(21)12-16(20)22-13)18(14-8-4-2-5-9-14)15-10-6-3-7-11-15/h2-11H,1,12H2. The summed E-state index contributed by atoms with van der Waals surface area (Å²) in [5.74, 6) is -1.13. The maximum Gasteiger partial charge on any atom is 0.322 e. The molecule has 1 fully saturated rings. The van der Waals surface area contributed by atoms with E-state index in [0.29, 0.717) is 5.57 Å². The van der Waals surface area contributed by atoms with Crippen LogP contribution in [0.3, 0.4) is 0 Å². The Morgan fingerprint density at radius 1 is 0.783 bits per heavy atom. The van der Waals surface area contributed by atoms with Crippen molar-refractivity contribution in [1.82, 2.24) is 0 Å². The van der Waals surface area contributed by atoms with Gasteiger partial charge in [-0.15, -0.1) is 0 Å². The Labute approximate surface area is 133 Å². The Bertz CT molecular complexity index is 747. The fourth-order valence-corrected chi connectivity index (χ4v) is 2.37. The van der Waals surface area contributed by atoms with Gasteiger partial charge in [0.1, 0.15) is 6.42 Å². The zero-order valence-corrected chi connectivity index (χ0v) is 12.3. The molecule has 0 bridgehead atoms. The summed E-state index contributed by atoms with van der Waals surface area (Å²) in [5.41, 5.74) is 2.32. The van der Waals surface area contributed by atoms with Gasteiger partial charge in [0, 0.05) is 5.57 Å². The number of hydrogen-bond donors (Lipinski definition) is 0. The molecule has 2 aromatic rings. The van der Waals surface area contributed by atoms with Crippen LogP contribution < -0.4 is 0 Å². The maximum atomic E-state index is 11.8. The lowest BCUT2D eigenvalue weighted by Crippen LogP contribution is -2.06. The van der Waals surface area contributed by atoms with Crippen molar-refractivity contribution in [3.05, 3.63) is 89.9 Å². The van der Waals surface area contributed by atoms with Crippen molar-refractivity contribution in [1.29, 1.82) is 0 Å². The molecule has 1 saturated heterocycles. The van der Waals surface area contributed by atoms with E-state index in [0.717, 1.165) is 11.1 Å². The second kappa shape index (κ2) is 6.32. The summed E-state index contributed by atoms with van der Waals surface area (Å²) in [6, 6.07) is 18.9. The molecule has 1 aliphatic rings. The van der Waals surface area contributed by atoms with Gasteiger partial charge in [0.05, 0.1) is 0 Å².